The molecule has 0 aliphatic heterocycles. The number of aliphatic hydroxyl groups is 1. The van der Waals surface area contributed by atoms with Gasteiger partial charge in [0.1, 0.15) is 11.4 Å². The van der Waals surface area contributed by atoms with Gasteiger partial charge < -0.3 is 9.84 Å². The smallest absolute Gasteiger partial charge is 0.319 e. The summed E-state index contributed by atoms with van der Waals surface area (Å²) in [6.07, 6.45) is 0.699. The maximum Gasteiger partial charge on any atom is 0.319 e. The lowest BCUT2D eigenvalue weighted by molar-refractivity contribution is -0.143. The maximum absolute atomic E-state index is 10.8. The second kappa shape index (κ2) is 5.68. The van der Waals surface area contributed by atoms with Gasteiger partial charge in [-0.1, -0.05) is 22.9 Å². The van der Waals surface area contributed by atoms with Crippen LogP contribution in [0, 0.1) is 0 Å². The average molecular weight is 211 g/mol. The Balaban J connectivity index is 3.42. The molecular formula is C6H11BrO3. The van der Waals surface area contributed by atoms with E-state index in [0.29, 0.717) is 6.42 Å². The Morgan fingerprint density at radius 2 is 2.40 bits per heavy atom. The highest BCUT2D eigenvalue weighted by atomic mass is 79.9. The summed E-state index contributed by atoms with van der Waals surface area (Å²) in [6.45, 7) is 1.84. The lowest BCUT2D eigenvalue weighted by Crippen LogP contribution is -2.18. The molecule has 10 heavy (non-hydrogen) atoms. The first-order chi connectivity index (χ1) is 4.72. The SMILES string of the molecule is CCC(Br)C(=O)OCCO. The topological polar surface area (TPSA) is 46.5 Å². The number of carbonyl (C=O) groups is 1. The monoisotopic (exact) mass is 210 g/mol. The number of carbonyl (C=O) groups excluding carboxylic acids is 1. The Kier molecular flexibility index (Phi) is 5.63. The van der Waals surface area contributed by atoms with E-state index in [1.165, 1.54) is 0 Å². The number of hydrogen-bond donors (Lipinski definition) is 1. The molecule has 60 valence electrons. The molecule has 0 saturated carbocycles. The summed E-state index contributed by atoms with van der Waals surface area (Å²) in [6, 6.07) is 0. The van der Waals surface area contributed by atoms with Gasteiger partial charge in [0, 0.05) is 0 Å². The number of alkyl halides is 1. The van der Waals surface area contributed by atoms with Crippen LogP contribution < -0.4 is 0 Å². The predicted octanol–water partition coefficient (Wildman–Crippen LogP) is 0.695. The number of hydrogen-bond acceptors (Lipinski definition) is 3. The van der Waals surface area contributed by atoms with Gasteiger partial charge in [-0.2, -0.15) is 0 Å². The molecule has 0 saturated heterocycles. The number of ether oxygens (including phenoxy) is 1. The first-order valence-corrected chi connectivity index (χ1v) is 4.05. The van der Waals surface area contributed by atoms with Crippen LogP contribution in [-0.4, -0.2) is 29.1 Å². The molecule has 0 spiro atoms. The predicted molar refractivity (Wildman–Crippen MR) is 41.1 cm³/mol. The standard InChI is InChI=1S/C6H11BrO3/c1-2-5(7)6(9)10-4-3-8/h5,8H,2-4H2,1H3. The zero-order valence-corrected chi connectivity index (χ0v) is 7.43. The van der Waals surface area contributed by atoms with E-state index in [2.05, 4.69) is 20.7 Å². The van der Waals surface area contributed by atoms with Crippen molar-refractivity contribution in [1.82, 2.24) is 0 Å². The molecule has 0 rings (SSSR count). The number of aliphatic hydroxyl groups excluding tert-OH is 1. The van der Waals surface area contributed by atoms with Crippen molar-refractivity contribution in [2.75, 3.05) is 13.2 Å². The fourth-order valence-corrected chi connectivity index (χ4v) is 0.535. The van der Waals surface area contributed by atoms with Gasteiger partial charge in [-0.3, -0.25) is 4.79 Å². The second-order valence-corrected chi connectivity index (χ2v) is 2.87. The van der Waals surface area contributed by atoms with Crippen molar-refractivity contribution >= 4 is 21.9 Å². The summed E-state index contributed by atoms with van der Waals surface area (Å²) in [5.74, 6) is -0.309. The van der Waals surface area contributed by atoms with Gasteiger partial charge in [0.15, 0.2) is 0 Å². The lowest BCUT2D eigenvalue weighted by Gasteiger charge is -2.05. The van der Waals surface area contributed by atoms with Crippen LogP contribution in [0.1, 0.15) is 13.3 Å². The summed E-state index contributed by atoms with van der Waals surface area (Å²) in [4.78, 5) is 10.5. The minimum absolute atomic E-state index is 0.0843. The van der Waals surface area contributed by atoms with Crippen molar-refractivity contribution in [2.24, 2.45) is 0 Å². The zero-order chi connectivity index (χ0) is 7.98. The molecule has 0 amide bonds. The molecule has 0 aromatic heterocycles. The molecule has 0 fully saturated rings. The van der Waals surface area contributed by atoms with Crippen molar-refractivity contribution < 1.29 is 14.6 Å². The van der Waals surface area contributed by atoms with E-state index in [4.69, 9.17) is 5.11 Å². The van der Waals surface area contributed by atoms with E-state index in [1.54, 1.807) is 0 Å². The van der Waals surface area contributed by atoms with Crippen molar-refractivity contribution in [3.8, 4) is 0 Å². The van der Waals surface area contributed by atoms with Gasteiger partial charge >= 0.3 is 5.97 Å². The van der Waals surface area contributed by atoms with Crippen molar-refractivity contribution in [3.05, 3.63) is 0 Å². The Hall–Kier alpha value is -0.0900. The van der Waals surface area contributed by atoms with E-state index in [1.807, 2.05) is 6.92 Å². The van der Waals surface area contributed by atoms with Crippen LogP contribution in [0.3, 0.4) is 0 Å². The normalized spacial score (nSPS) is 12.7. The lowest BCUT2D eigenvalue weighted by atomic mass is 10.3. The fraction of sp³-hybridized carbons (Fsp3) is 0.833. The molecule has 0 aromatic rings. The summed E-state index contributed by atoms with van der Waals surface area (Å²) in [7, 11) is 0. The molecule has 1 N–H and O–H groups in total. The van der Waals surface area contributed by atoms with E-state index in [0.717, 1.165) is 0 Å². The third kappa shape index (κ3) is 3.85. The molecule has 1 unspecified atom stereocenters. The van der Waals surface area contributed by atoms with Gasteiger partial charge in [-0.15, -0.1) is 0 Å². The van der Waals surface area contributed by atoms with Crippen LogP contribution in [0.2, 0.25) is 0 Å². The van der Waals surface area contributed by atoms with Gasteiger partial charge in [0.2, 0.25) is 0 Å². The highest BCUT2D eigenvalue weighted by Gasteiger charge is 2.12. The second-order valence-electron chi connectivity index (χ2n) is 1.77. The van der Waals surface area contributed by atoms with Crippen LogP contribution >= 0.6 is 15.9 Å². The molecule has 0 aliphatic rings. The molecule has 0 radical (unpaired) electrons. The number of halogens is 1. The van der Waals surface area contributed by atoms with Gasteiger partial charge in [-0.25, -0.2) is 0 Å². The maximum atomic E-state index is 10.8. The van der Waals surface area contributed by atoms with Crippen molar-refractivity contribution in [2.45, 2.75) is 18.2 Å². The van der Waals surface area contributed by atoms with Crippen LogP contribution in [0.25, 0.3) is 0 Å². The molecule has 1 atom stereocenters. The number of rotatable bonds is 4. The van der Waals surface area contributed by atoms with E-state index in [9.17, 15) is 4.79 Å². The molecule has 0 heterocycles. The quantitative estimate of drug-likeness (QED) is 0.549. The first-order valence-electron chi connectivity index (χ1n) is 3.14. The molecule has 0 aliphatic carbocycles. The highest BCUT2D eigenvalue weighted by molar-refractivity contribution is 9.10. The fourth-order valence-electron chi connectivity index (χ4n) is 0.403. The molecular weight excluding hydrogens is 200 g/mol. The summed E-state index contributed by atoms with van der Waals surface area (Å²) in [5.41, 5.74) is 0. The van der Waals surface area contributed by atoms with Crippen molar-refractivity contribution in [1.29, 1.82) is 0 Å². The number of esters is 1. The molecule has 3 nitrogen and oxygen atoms in total. The van der Waals surface area contributed by atoms with Gasteiger partial charge in [0.05, 0.1) is 6.61 Å². The molecule has 0 bridgehead atoms. The Bertz CT molecular complexity index is 105. The Morgan fingerprint density at radius 1 is 1.80 bits per heavy atom. The summed E-state index contributed by atoms with van der Waals surface area (Å²) in [5, 5.41) is 8.28. The molecule has 4 heteroatoms. The summed E-state index contributed by atoms with van der Waals surface area (Å²) < 4.78 is 4.61. The van der Waals surface area contributed by atoms with E-state index in [-0.39, 0.29) is 24.0 Å². The Morgan fingerprint density at radius 3 is 2.80 bits per heavy atom. The first kappa shape index (κ1) is 9.91. The van der Waals surface area contributed by atoms with Gasteiger partial charge in [0.25, 0.3) is 0 Å². The zero-order valence-electron chi connectivity index (χ0n) is 5.84. The van der Waals surface area contributed by atoms with E-state index < -0.39 is 0 Å². The van der Waals surface area contributed by atoms with Crippen LogP contribution in [0.4, 0.5) is 0 Å². The largest absolute Gasteiger partial charge is 0.462 e. The third-order valence-electron chi connectivity index (χ3n) is 0.950. The summed E-state index contributed by atoms with van der Waals surface area (Å²) >= 11 is 3.12. The minimum Gasteiger partial charge on any atom is -0.462 e. The van der Waals surface area contributed by atoms with E-state index >= 15 is 0 Å². The van der Waals surface area contributed by atoms with Crippen molar-refractivity contribution in [3.63, 3.8) is 0 Å². The van der Waals surface area contributed by atoms with Crippen LogP contribution in [0.5, 0.6) is 0 Å². The molecule has 0 aromatic carbocycles. The third-order valence-corrected chi connectivity index (χ3v) is 1.97. The highest BCUT2D eigenvalue weighted by Crippen LogP contribution is 2.05. The van der Waals surface area contributed by atoms with Crippen LogP contribution in [0.15, 0.2) is 0 Å². The Labute approximate surface area is 68.5 Å². The average Bonchev–Trinajstić information content (AvgIpc) is 1.98. The minimum atomic E-state index is -0.309. The van der Waals surface area contributed by atoms with Crippen LogP contribution in [-0.2, 0) is 9.53 Å². The van der Waals surface area contributed by atoms with Gasteiger partial charge in [-0.05, 0) is 6.42 Å².